The molecular formula is C10H20O4. The second-order valence-electron chi connectivity index (χ2n) is 3.64. The van der Waals surface area contributed by atoms with Crippen LogP contribution in [0.25, 0.3) is 0 Å². The first-order valence-electron chi connectivity index (χ1n) is 5.17. The minimum Gasteiger partial charge on any atom is -0.376 e. The normalized spacial score (nSPS) is 38.6. The molecule has 1 aliphatic heterocycles. The lowest BCUT2D eigenvalue weighted by atomic mass is 10.0. The van der Waals surface area contributed by atoms with Crippen LogP contribution in [-0.2, 0) is 14.2 Å². The molecule has 4 unspecified atom stereocenters. The third-order valence-corrected chi connectivity index (χ3v) is 2.44. The Labute approximate surface area is 85.2 Å². The quantitative estimate of drug-likeness (QED) is 0.740. The molecular weight excluding hydrogens is 184 g/mol. The van der Waals surface area contributed by atoms with Crippen LogP contribution in [0.4, 0.5) is 0 Å². The Bertz CT molecular complexity index is 162. The summed E-state index contributed by atoms with van der Waals surface area (Å²) in [7, 11) is 1.64. The van der Waals surface area contributed by atoms with E-state index in [1.54, 1.807) is 7.11 Å². The zero-order valence-corrected chi connectivity index (χ0v) is 9.10. The van der Waals surface area contributed by atoms with Crippen LogP contribution < -0.4 is 0 Å². The number of hydrogen-bond donors (Lipinski definition) is 1. The second kappa shape index (κ2) is 5.66. The van der Waals surface area contributed by atoms with Crippen molar-refractivity contribution in [1.29, 1.82) is 0 Å². The van der Waals surface area contributed by atoms with E-state index in [2.05, 4.69) is 6.92 Å². The first-order chi connectivity index (χ1) is 6.69. The highest BCUT2D eigenvalue weighted by atomic mass is 16.6. The molecule has 1 fully saturated rings. The molecule has 0 aromatic heterocycles. The zero-order valence-electron chi connectivity index (χ0n) is 9.10. The molecule has 14 heavy (non-hydrogen) atoms. The minimum absolute atomic E-state index is 0.0568. The molecule has 0 amide bonds. The number of ether oxygens (including phenoxy) is 3. The van der Waals surface area contributed by atoms with E-state index in [4.69, 9.17) is 14.2 Å². The number of aliphatic hydroxyl groups excluding tert-OH is 1. The van der Waals surface area contributed by atoms with Crippen molar-refractivity contribution in [3.8, 4) is 0 Å². The molecule has 1 heterocycles. The fraction of sp³-hybridized carbons (Fsp3) is 1.00. The van der Waals surface area contributed by atoms with Gasteiger partial charge in [-0.2, -0.15) is 0 Å². The van der Waals surface area contributed by atoms with Crippen LogP contribution in [-0.4, -0.2) is 43.4 Å². The van der Waals surface area contributed by atoms with E-state index in [-0.39, 0.29) is 18.3 Å². The first kappa shape index (κ1) is 11.9. The third kappa shape index (κ3) is 2.92. The van der Waals surface area contributed by atoms with Gasteiger partial charge in [-0.3, -0.25) is 0 Å². The van der Waals surface area contributed by atoms with Crippen molar-refractivity contribution in [2.75, 3.05) is 13.7 Å². The molecule has 0 bridgehead atoms. The number of methoxy groups -OCH3 is 1. The largest absolute Gasteiger partial charge is 0.376 e. The van der Waals surface area contributed by atoms with E-state index in [0.717, 1.165) is 6.42 Å². The molecule has 1 rings (SSSR count). The van der Waals surface area contributed by atoms with Gasteiger partial charge in [0.05, 0.1) is 12.2 Å². The smallest absolute Gasteiger partial charge is 0.157 e. The summed E-state index contributed by atoms with van der Waals surface area (Å²) in [6.45, 7) is 4.64. The topological polar surface area (TPSA) is 47.9 Å². The zero-order chi connectivity index (χ0) is 10.6. The van der Waals surface area contributed by atoms with E-state index in [0.29, 0.717) is 13.0 Å². The van der Waals surface area contributed by atoms with Crippen LogP contribution in [0, 0.1) is 0 Å². The average Bonchev–Trinajstić information content (AvgIpc) is 2.14. The molecule has 1 saturated heterocycles. The maximum absolute atomic E-state index is 9.40. The summed E-state index contributed by atoms with van der Waals surface area (Å²) in [6, 6.07) is 0. The predicted octanol–water partition coefficient (Wildman–Crippen LogP) is 0.924. The summed E-state index contributed by atoms with van der Waals surface area (Å²) < 4.78 is 16.2. The van der Waals surface area contributed by atoms with Crippen LogP contribution in [0.5, 0.6) is 0 Å². The van der Waals surface area contributed by atoms with E-state index in [9.17, 15) is 5.11 Å². The number of aliphatic hydroxyl groups is 1. The molecule has 0 aromatic carbocycles. The maximum atomic E-state index is 9.40. The van der Waals surface area contributed by atoms with Crippen molar-refractivity contribution >= 4 is 0 Å². The second-order valence-corrected chi connectivity index (χ2v) is 3.64. The Morgan fingerprint density at radius 1 is 1.50 bits per heavy atom. The lowest BCUT2D eigenvalue weighted by Crippen LogP contribution is -2.49. The summed E-state index contributed by atoms with van der Waals surface area (Å²) in [4.78, 5) is 0. The molecule has 84 valence electrons. The fourth-order valence-electron chi connectivity index (χ4n) is 1.79. The highest BCUT2D eigenvalue weighted by molar-refractivity contribution is 4.82. The highest BCUT2D eigenvalue weighted by Crippen LogP contribution is 2.23. The lowest BCUT2D eigenvalue weighted by Gasteiger charge is -2.37. The molecule has 0 aliphatic carbocycles. The van der Waals surface area contributed by atoms with E-state index in [1.165, 1.54) is 0 Å². The first-order valence-corrected chi connectivity index (χ1v) is 5.17. The van der Waals surface area contributed by atoms with E-state index < -0.39 is 6.29 Å². The number of hydrogen-bond acceptors (Lipinski definition) is 4. The summed E-state index contributed by atoms with van der Waals surface area (Å²) in [5, 5.41) is 9.40. The Hall–Kier alpha value is -0.160. The molecule has 4 nitrogen and oxygen atoms in total. The molecule has 0 saturated carbocycles. The van der Waals surface area contributed by atoms with Gasteiger partial charge in [-0.15, -0.1) is 0 Å². The summed E-state index contributed by atoms with van der Waals surface area (Å²) in [5.74, 6) is 0. The van der Waals surface area contributed by atoms with Crippen molar-refractivity contribution in [1.82, 2.24) is 0 Å². The molecule has 0 spiro atoms. The van der Waals surface area contributed by atoms with Crippen molar-refractivity contribution in [2.45, 2.75) is 51.3 Å². The van der Waals surface area contributed by atoms with Gasteiger partial charge >= 0.3 is 0 Å². The van der Waals surface area contributed by atoms with Gasteiger partial charge in [0.2, 0.25) is 0 Å². The van der Waals surface area contributed by atoms with Crippen molar-refractivity contribution in [3.05, 3.63) is 0 Å². The van der Waals surface area contributed by atoms with Gasteiger partial charge in [0, 0.05) is 20.1 Å². The van der Waals surface area contributed by atoms with Crippen LogP contribution in [0.2, 0.25) is 0 Å². The van der Waals surface area contributed by atoms with E-state index >= 15 is 0 Å². The van der Waals surface area contributed by atoms with Gasteiger partial charge in [-0.05, 0) is 13.3 Å². The minimum atomic E-state index is -0.724. The van der Waals surface area contributed by atoms with Crippen LogP contribution in [0.15, 0.2) is 0 Å². The predicted molar refractivity (Wildman–Crippen MR) is 52.0 cm³/mol. The molecule has 1 aliphatic rings. The Morgan fingerprint density at radius 2 is 2.21 bits per heavy atom. The lowest BCUT2D eigenvalue weighted by molar-refractivity contribution is -0.241. The molecule has 4 heteroatoms. The molecule has 4 atom stereocenters. The van der Waals surface area contributed by atoms with Crippen LogP contribution in [0.1, 0.15) is 26.7 Å². The maximum Gasteiger partial charge on any atom is 0.157 e. The van der Waals surface area contributed by atoms with Gasteiger partial charge in [-0.25, -0.2) is 0 Å². The van der Waals surface area contributed by atoms with Gasteiger partial charge in [0.1, 0.15) is 6.10 Å². The van der Waals surface area contributed by atoms with Crippen molar-refractivity contribution < 1.29 is 19.3 Å². The number of rotatable bonds is 4. The standard InChI is InChI=1S/C10H20O4/c1-4-5-13-8-6-9(11)14-7(2)10(8)12-3/h7-11H,4-6H2,1-3H3. The summed E-state index contributed by atoms with van der Waals surface area (Å²) >= 11 is 0. The van der Waals surface area contributed by atoms with Crippen LogP contribution >= 0.6 is 0 Å². The summed E-state index contributed by atoms with van der Waals surface area (Å²) in [6.07, 6.45) is 0.480. The van der Waals surface area contributed by atoms with Crippen molar-refractivity contribution in [3.63, 3.8) is 0 Å². The fourth-order valence-corrected chi connectivity index (χ4v) is 1.79. The Morgan fingerprint density at radius 3 is 2.79 bits per heavy atom. The Balaban J connectivity index is 2.49. The van der Waals surface area contributed by atoms with Gasteiger partial charge < -0.3 is 19.3 Å². The molecule has 0 radical (unpaired) electrons. The van der Waals surface area contributed by atoms with Gasteiger partial charge in [0.15, 0.2) is 6.29 Å². The Kier molecular flexibility index (Phi) is 4.81. The monoisotopic (exact) mass is 204 g/mol. The molecule has 0 aromatic rings. The van der Waals surface area contributed by atoms with Gasteiger partial charge in [-0.1, -0.05) is 6.92 Å². The van der Waals surface area contributed by atoms with Crippen molar-refractivity contribution in [2.24, 2.45) is 0 Å². The van der Waals surface area contributed by atoms with Gasteiger partial charge in [0.25, 0.3) is 0 Å². The molecule has 1 N–H and O–H groups in total. The van der Waals surface area contributed by atoms with Crippen LogP contribution in [0.3, 0.4) is 0 Å². The average molecular weight is 204 g/mol. The third-order valence-electron chi connectivity index (χ3n) is 2.44. The SMILES string of the molecule is CCCOC1CC(O)OC(C)C1OC. The summed E-state index contributed by atoms with van der Waals surface area (Å²) in [5.41, 5.74) is 0. The van der Waals surface area contributed by atoms with E-state index in [1.807, 2.05) is 6.92 Å². The highest BCUT2D eigenvalue weighted by Gasteiger charge is 2.36.